The first-order valence-corrected chi connectivity index (χ1v) is 13.8. The van der Waals surface area contributed by atoms with Crippen molar-refractivity contribution < 1.29 is 32.6 Å². The van der Waals surface area contributed by atoms with E-state index in [0.29, 0.717) is 32.3 Å². The van der Waals surface area contributed by atoms with E-state index in [1.807, 2.05) is 25.7 Å². The molecule has 13 heteroatoms. The molecule has 41 heavy (non-hydrogen) atoms. The lowest BCUT2D eigenvalue weighted by Crippen LogP contribution is -2.44. The highest BCUT2D eigenvalue weighted by Crippen LogP contribution is 2.30. The molecule has 1 amide bonds. The van der Waals surface area contributed by atoms with Gasteiger partial charge in [0.05, 0.1) is 24.0 Å². The number of halogens is 3. The fourth-order valence-electron chi connectivity index (χ4n) is 4.49. The lowest BCUT2D eigenvalue weighted by Gasteiger charge is -2.27. The average molecular weight is 581 g/mol. The van der Waals surface area contributed by atoms with Crippen molar-refractivity contribution in [2.45, 2.75) is 77.1 Å². The third-order valence-corrected chi connectivity index (χ3v) is 6.63. The number of aromatic nitrogens is 3. The van der Waals surface area contributed by atoms with Crippen molar-refractivity contribution in [2.75, 3.05) is 38.1 Å². The topological polar surface area (TPSA) is 130 Å². The van der Waals surface area contributed by atoms with Crippen LogP contribution in [0.5, 0.6) is 0 Å². The minimum absolute atomic E-state index is 0.0176. The first-order chi connectivity index (χ1) is 19.3. The van der Waals surface area contributed by atoms with Crippen LogP contribution in [0.4, 0.5) is 19.0 Å². The number of aliphatic carboxylic acids is 1. The minimum Gasteiger partial charge on any atom is -0.480 e. The molecule has 0 radical (unpaired) electrons. The maximum atomic E-state index is 13.3. The Morgan fingerprint density at radius 1 is 1.15 bits per heavy atom. The maximum Gasteiger partial charge on any atom is 0.418 e. The van der Waals surface area contributed by atoms with Gasteiger partial charge in [-0.3, -0.25) is 4.79 Å². The van der Waals surface area contributed by atoms with Gasteiger partial charge in [-0.2, -0.15) is 18.3 Å². The van der Waals surface area contributed by atoms with Crippen LogP contribution >= 0.6 is 0 Å². The largest absolute Gasteiger partial charge is 0.480 e. The second-order valence-corrected chi connectivity index (χ2v) is 11.0. The predicted octanol–water partition coefficient (Wildman–Crippen LogP) is 3.96. The SMILES string of the molecule is CC(C)(C)OCCN(CCCCc1ccc2c(n1)NCCC2)CCC(NC(=O)c1nnccc1C(F)(F)F)C(=O)O. The zero-order valence-corrected chi connectivity index (χ0v) is 23.8. The Labute approximate surface area is 238 Å². The average Bonchev–Trinajstić information content (AvgIpc) is 2.91. The third-order valence-electron chi connectivity index (χ3n) is 6.63. The highest BCUT2D eigenvalue weighted by Gasteiger charge is 2.37. The summed E-state index contributed by atoms with van der Waals surface area (Å²) in [7, 11) is 0. The first kappa shape index (κ1) is 32.2. The lowest BCUT2D eigenvalue weighted by molar-refractivity contribution is -0.139. The molecule has 1 atom stereocenters. The number of aryl methyl sites for hydroxylation is 2. The Morgan fingerprint density at radius 3 is 2.63 bits per heavy atom. The number of unbranched alkanes of at least 4 members (excludes halogenated alkanes) is 1. The Kier molecular flexibility index (Phi) is 11.4. The number of rotatable bonds is 14. The lowest BCUT2D eigenvalue weighted by atomic mass is 10.1. The number of carboxylic acid groups (broad SMARTS) is 1. The molecule has 0 spiro atoms. The number of hydrogen-bond donors (Lipinski definition) is 3. The van der Waals surface area contributed by atoms with Crippen molar-refractivity contribution in [1.29, 1.82) is 0 Å². The van der Waals surface area contributed by atoms with E-state index in [0.717, 1.165) is 56.4 Å². The number of pyridine rings is 1. The molecule has 0 fully saturated rings. The van der Waals surface area contributed by atoms with E-state index in [1.54, 1.807) is 0 Å². The molecule has 0 bridgehead atoms. The minimum atomic E-state index is -4.84. The number of nitrogens with one attached hydrogen (secondary N) is 2. The number of nitrogens with zero attached hydrogens (tertiary/aromatic N) is 4. The number of carboxylic acids is 1. The molecular weight excluding hydrogens is 541 g/mol. The van der Waals surface area contributed by atoms with Gasteiger partial charge in [0.25, 0.3) is 5.91 Å². The Hall–Kier alpha value is -3.32. The summed E-state index contributed by atoms with van der Waals surface area (Å²) in [6, 6.07) is 3.40. The van der Waals surface area contributed by atoms with E-state index in [9.17, 15) is 27.9 Å². The van der Waals surface area contributed by atoms with Gasteiger partial charge in [0, 0.05) is 25.3 Å². The number of ether oxygens (including phenoxy) is 1. The number of anilines is 1. The van der Waals surface area contributed by atoms with E-state index < -0.39 is 35.4 Å². The Bertz CT molecular complexity index is 1170. The summed E-state index contributed by atoms with van der Waals surface area (Å²) in [4.78, 5) is 31.2. The van der Waals surface area contributed by atoms with Gasteiger partial charge in [0.1, 0.15) is 11.9 Å². The summed E-state index contributed by atoms with van der Waals surface area (Å²) < 4.78 is 45.7. The third kappa shape index (κ3) is 10.5. The molecule has 2 aromatic rings. The van der Waals surface area contributed by atoms with Crippen LogP contribution in [0, 0.1) is 0 Å². The van der Waals surface area contributed by atoms with Gasteiger partial charge in [-0.1, -0.05) is 6.07 Å². The van der Waals surface area contributed by atoms with Gasteiger partial charge < -0.3 is 25.4 Å². The van der Waals surface area contributed by atoms with Crippen LogP contribution in [0.25, 0.3) is 0 Å². The van der Waals surface area contributed by atoms with Crippen LogP contribution in [-0.2, 0) is 28.5 Å². The van der Waals surface area contributed by atoms with E-state index in [2.05, 4.69) is 33.0 Å². The summed E-state index contributed by atoms with van der Waals surface area (Å²) in [6.45, 7) is 8.63. The normalized spacial score (nSPS) is 14.3. The van der Waals surface area contributed by atoms with Crippen molar-refractivity contribution in [1.82, 2.24) is 25.4 Å². The number of amides is 1. The molecule has 0 saturated heterocycles. The fraction of sp³-hybridized carbons (Fsp3) is 0.607. The molecule has 226 valence electrons. The molecule has 10 nitrogen and oxygen atoms in total. The smallest absolute Gasteiger partial charge is 0.418 e. The van der Waals surface area contributed by atoms with Gasteiger partial charge in [-0.25, -0.2) is 9.78 Å². The second kappa shape index (κ2) is 14.5. The maximum absolute atomic E-state index is 13.3. The van der Waals surface area contributed by atoms with E-state index in [4.69, 9.17) is 9.72 Å². The van der Waals surface area contributed by atoms with Crippen LogP contribution in [0.1, 0.15) is 73.8 Å². The molecule has 3 rings (SSSR count). The van der Waals surface area contributed by atoms with Crippen LogP contribution in [0.15, 0.2) is 24.4 Å². The van der Waals surface area contributed by atoms with Crippen LogP contribution < -0.4 is 10.6 Å². The van der Waals surface area contributed by atoms with Crippen molar-refractivity contribution in [3.05, 3.63) is 46.9 Å². The van der Waals surface area contributed by atoms with Gasteiger partial charge in [0.15, 0.2) is 5.69 Å². The van der Waals surface area contributed by atoms with Gasteiger partial charge in [-0.15, -0.1) is 5.10 Å². The molecule has 1 aliphatic rings. The number of carbonyl (C=O) groups excluding carboxylic acids is 1. The number of fused-ring (bicyclic) bond motifs is 1. The van der Waals surface area contributed by atoms with Crippen LogP contribution in [-0.4, -0.2) is 81.5 Å². The highest BCUT2D eigenvalue weighted by atomic mass is 19.4. The molecule has 3 N–H and O–H groups in total. The van der Waals surface area contributed by atoms with Gasteiger partial charge in [-0.05, 0) is 83.5 Å². The van der Waals surface area contributed by atoms with Crippen molar-refractivity contribution in [2.24, 2.45) is 0 Å². The van der Waals surface area contributed by atoms with E-state index in [-0.39, 0.29) is 12.0 Å². The fourth-order valence-corrected chi connectivity index (χ4v) is 4.49. The summed E-state index contributed by atoms with van der Waals surface area (Å²) in [6.07, 6.45) is 0.589. The van der Waals surface area contributed by atoms with Gasteiger partial charge in [0.2, 0.25) is 0 Å². The molecular formula is C28H39F3N6O4. The zero-order chi connectivity index (χ0) is 30.0. The molecule has 1 aliphatic heterocycles. The summed E-state index contributed by atoms with van der Waals surface area (Å²) in [5, 5.41) is 21.9. The molecule has 3 heterocycles. The summed E-state index contributed by atoms with van der Waals surface area (Å²) in [5.74, 6) is -1.64. The monoisotopic (exact) mass is 580 g/mol. The zero-order valence-electron chi connectivity index (χ0n) is 23.8. The number of alkyl halides is 3. The quantitative estimate of drug-likeness (QED) is 0.284. The Morgan fingerprint density at radius 2 is 1.93 bits per heavy atom. The Balaban J connectivity index is 1.57. The summed E-state index contributed by atoms with van der Waals surface area (Å²) >= 11 is 0. The first-order valence-electron chi connectivity index (χ1n) is 13.8. The second-order valence-electron chi connectivity index (χ2n) is 11.0. The van der Waals surface area contributed by atoms with Crippen molar-refractivity contribution >= 4 is 17.7 Å². The van der Waals surface area contributed by atoms with Crippen molar-refractivity contribution in [3.63, 3.8) is 0 Å². The number of carbonyl (C=O) groups is 2. The van der Waals surface area contributed by atoms with Gasteiger partial charge >= 0.3 is 12.1 Å². The molecule has 2 aromatic heterocycles. The van der Waals surface area contributed by atoms with Crippen molar-refractivity contribution in [3.8, 4) is 0 Å². The number of hydrogen-bond acceptors (Lipinski definition) is 8. The van der Waals surface area contributed by atoms with Crippen LogP contribution in [0.2, 0.25) is 0 Å². The standard InChI is InChI=1S/C28H39F3N6O4/c1-27(2,3)41-18-17-37(15-5-4-8-20-10-9-19-7-6-13-32-24(19)34-20)16-12-22(26(39)40)35-25(38)23-21(28(29,30)31)11-14-33-36-23/h9-11,14,22H,4-8,12-13,15-18H2,1-3H3,(H,32,34)(H,35,38)(H,39,40). The molecule has 0 saturated carbocycles. The molecule has 0 aromatic carbocycles. The summed E-state index contributed by atoms with van der Waals surface area (Å²) in [5.41, 5.74) is -0.342. The van der Waals surface area contributed by atoms with E-state index in [1.165, 1.54) is 5.56 Å². The molecule has 1 unspecified atom stereocenters. The highest BCUT2D eigenvalue weighted by molar-refractivity contribution is 5.96. The molecule has 0 aliphatic carbocycles. The van der Waals surface area contributed by atoms with E-state index >= 15 is 0 Å². The predicted molar refractivity (Wildman–Crippen MR) is 147 cm³/mol. The van der Waals surface area contributed by atoms with Crippen LogP contribution in [0.3, 0.4) is 0 Å².